The van der Waals surface area contributed by atoms with Gasteiger partial charge >= 0.3 is 0 Å². The molecule has 226 valence electrons. The lowest BCUT2D eigenvalue weighted by atomic mass is 10.1. The first kappa shape index (κ1) is 32.7. The van der Waals surface area contributed by atoms with Gasteiger partial charge in [-0.3, -0.25) is 13.9 Å². The molecule has 0 aliphatic carbocycles. The number of carbonyl (C=O) groups excluding carboxylic acids is 2. The summed E-state index contributed by atoms with van der Waals surface area (Å²) in [4.78, 5) is 29.2. The number of aryl methyl sites for hydroxylation is 3. The molecule has 3 aromatic carbocycles. The molecule has 0 radical (unpaired) electrons. The summed E-state index contributed by atoms with van der Waals surface area (Å²) < 4.78 is 35.0. The highest BCUT2D eigenvalue weighted by Gasteiger charge is 2.35. The van der Waals surface area contributed by atoms with Gasteiger partial charge in [-0.05, 0) is 74.1 Å². The number of hydrogen-bond donors (Lipinski definition) is 1. The van der Waals surface area contributed by atoms with Crippen molar-refractivity contribution in [3.63, 3.8) is 0 Å². The van der Waals surface area contributed by atoms with Crippen molar-refractivity contribution in [2.75, 3.05) is 24.5 Å². The fourth-order valence-electron chi connectivity index (χ4n) is 4.66. The highest BCUT2D eigenvalue weighted by molar-refractivity contribution is 7.92. The minimum absolute atomic E-state index is 0.0524. The number of rotatable bonds is 13. The van der Waals surface area contributed by atoms with Gasteiger partial charge in [0.15, 0.2) is 0 Å². The molecule has 42 heavy (non-hydrogen) atoms. The molecular weight excluding hydrogens is 550 g/mol. The van der Waals surface area contributed by atoms with Crippen molar-refractivity contribution in [1.29, 1.82) is 0 Å². The first-order valence-electron chi connectivity index (χ1n) is 14.2. The molecule has 1 atom stereocenters. The SMILES string of the molecule is CC[C@@H](C(=O)NCC(C)C)N(Cc1ccccc1C)C(=O)CN(c1cc(C)ccc1OC)S(=O)(=O)c1ccc(C)cc1. The summed E-state index contributed by atoms with van der Waals surface area (Å²) in [6, 6.07) is 18.6. The number of carbonyl (C=O) groups is 2. The van der Waals surface area contributed by atoms with Gasteiger partial charge in [0.1, 0.15) is 18.3 Å². The highest BCUT2D eigenvalue weighted by Crippen LogP contribution is 2.34. The van der Waals surface area contributed by atoms with E-state index in [0.29, 0.717) is 18.7 Å². The van der Waals surface area contributed by atoms with E-state index in [1.165, 1.54) is 24.1 Å². The third-order valence-corrected chi connectivity index (χ3v) is 8.94. The quantitative estimate of drug-likeness (QED) is 0.287. The second kappa shape index (κ2) is 14.4. The van der Waals surface area contributed by atoms with Crippen molar-refractivity contribution in [2.45, 2.75) is 65.4 Å². The molecule has 9 heteroatoms. The number of methoxy groups -OCH3 is 1. The molecular formula is C33H43N3O5S. The van der Waals surface area contributed by atoms with E-state index in [-0.39, 0.29) is 29.0 Å². The number of nitrogens with zero attached hydrogens (tertiary/aromatic N) is 2. The molecule has 0 spiro atoms. The lowest BCUT2D eigenvalue weighted by Gasteiger charge is -2.34. The Kier molecular flexibility index (Phi) is 11.2. The van der Waals surface area contributed by atoms with Crippen LogP contribution in [0.15, 0.2) is 71.6 Å². The molecule has 0 aromatic heterocycles. The molecule has 0 fully saturated rings. The molecule has 0 saturated carbocycles. The Morgan fingerprint density at radius 1 is 0.929 bits per heavy atom. The standard InChI is InChI=1S/C33H43N3O5S/c1-8-29(33(38)34-20-23(2)3)35(21-27-12-10-9-11-26(27)6)32(37)22-36(30-19-25(5)15-18-31(30)41-7)42(39,40)28-16-13-24(4)14-17-28/h9-19,23,29H,8,20-22H2,1-7H3,(H,34,38)/t29-/m0/s1. The fraction of sp³-hybridized carbons (Fsp3) is 0.394. The van der Waals surface area contributed by atoms with Crippen LogP contribution >= 0.6 is 0 Å². The Morgan fingerprint density at radius 3 is 2.17 bits per heavy atom. The topological polar surface area (TPSA) is 96.0 Å². The van der Waals surface area contributed by atoms with Crippen molar-refractivity contribution in [3.8, 4) is 5.75 Å². The van der Waals surface area contributed by atoms with Crippen LogP contribution in [0.3, 0.4) is 0 Å². The Morgan fingerprint density at radius 2 is 1.57 bits per heavy atom. The van der Waals surface area contributed by atoms with E-state index in [4.69, 9.17) is 4.74 Å². The number of sulfonamides is 1. The van der Waals surface area contributed by atoms with E-state index in [1.807, 2.05) is 71.9 Å². The van der Waals surface area contributed by atoms with E-state index in [2.05, 4.69) is 5.32 Å². The minimum atomic E-state index is -4.20. The number of ether oxygens (including phenoxy) is 1. The van der Waals surface area contributed by atoms with E-state index in [0.717, 1.165) is 26.6 Å². The van der Waals surface area contributed by atoms with Crippen LogP contribution in [0, 0.1) is 26.7 Å². The van der Waals surface area contributed by atoms with Crippen LogP contribution in [0.25, 0.3) is 0 Å². The summed E-state index contributed by atoms with van der Waals surface area (Å²) in [5.74, 6) is -0.217. The van der Waals surface area contributed by atoms with E-state index in [9.17, 15) is 18.0 Å². The third-order valence-electron chi connectivity index (χ3n) is 7.16. The zero-order valence-corrected chi connectivity index (χ0v) is 26.5. The normalized spacial score (nSPS) is 12.1. The monoisotopic (exact) mass is 593 g/mol. The van der Waals surface area contributed by atoms with Gasteiger partial charge in [0.05, 0.1) is 17.7 Å². The maximum Gasteiger partial charge on any atom is 0.264 e. The summed E-state index contributed by atoms with van der Waals surface area (Å²) in [6.45, 7) is 11.6. The van der Waals surface area contributed by atoms with Crippen LogP contribution < -0.4 is 14.4 Å². The Labute approximate surface area is 250 Å². The van der Waals surface area contributed by atoms with E-state index >= 15 is 0 Å². The van der Waals surface area contributed by atoms with Crippen molar-refractivity contribution in [1.82, 2.24) is 10.2 Å². The molecule has 0 heterocycles. The zero-order valence-electron chi connectivity index (χ0n) is 25.7. The number of anilines is 1. The van der Waals surface area contributed by atoms with Crippen LogP contribution in [0.1, 0.15) is 49.4 Å². The second-order valence-electron chi connectivity index (χ2n) is 11.0. The Balaban J connectivity index is 2.13. The highest BCUT2D eigenvalue weighted by atomic mass is 32.2. The lowest BCUT2D eigenvalue weighted by Crippen LogP contribution is -2.52. The maximum atomic E-state index is 14.3. The number of benzene rings is 3. The summed E-state index contributed by atoms with van der Waals surface area (Å²) in [5.41, 5.74) is 3.81. The van der Waals surface area contributed by atoms with Gasteiger partial charge in [-0.1, -0.05) is 68.8 Å². The van der Waals surface area contributed by atoms with Gasteiger partial charge in [0, 0.05) is 13.1 Å². The number of hydrogen-bond acceptors (Lipinski definition) is 5. The van der Waals surface area contributed by atoms with Crippen LogP contribution in [0.5, 0.6) is 5.75 Å². The zero-order chi connectivity index (χ0) is 31.0. The van der Waals surface area contributed by atoms with Crippen LogP contribution in [0.2, 0.25) is 0 Å². The van der Waals surface area contributed by atoms with E-state index in [1.54, 1.807) is 24.3 Å². The van der Waals surface area contributed by atoms with Crippen LogP contribution in [-0.2, 0) is 26.2 Å². The molecule has 0 aliphatic heterocycles. The minimum Gasteiger partial charge on any atom is -0.495 e. The van der Waals surface area contributed by atoms with Gasteiger partial charge in [0.25, 0.3) is 10.0 Å². The lowest BCUT2D eigenvalue weighted by molar-refractivity contribution is -0.140. The molecule has 8 nitrogen and oxygen atoms in total. The largest absolute Gasteiger partial charge is 0.495 e. The van der Waals surface area contributed by atoms with Crippen LogP contribution in [0.4, 0.5) is 5.69 Å². The smallest absolute Gasteiger partial charge is 0.264 e. The van der Waals surface area contributed by atoms with Crippen LogP contribution in [-0.4, -0.2) is 51.4 Å². The molecule has 0 bridgehead atoms. The van der Waals surface area contributed by atoms with Crippen molar-refractivity contribution in [2.24, 2.45) is 5.92 Å². The van der Waals surface area contributed by atoms with Crippen molar-refractivity contribution >= 4 is 27.5 Å². The predicted octanol–water partition coefficient (Wildman–Crippen LogP) is 5.40. The average molecular weight is 594 g/mol. The first-order chi connectivity index (χ1) is 19.9. The predicted molar refractivity (Wildman–Crippen MR) is 167 cm³/mol. The Bertz CT molecular complexity index is 1490. The van der Waals surface area contributed by atoms with Gasteiger partial charge in [-0.15, -0.1) is 0 Å². The molecule has 3 aromatic rings. The Hall–Kier alpha value is -3.85. The number of amides is 2. The van der Waals surface area contributed by atoms with Gasteiger partial charge in [-0.2, -0.15) is 0 Å². The molecule has 0 unspecified atom stereocenters. The first-order valence-corrected chi connectivity index (χ1v) is 15.7. The molecule has 1 N–H and O–H groups in total. The van der Waals surface area contributed by atoms with Crippen molar-refractivity contribution in [3.05, 3.63) is 89.0 Å². The van der Waals surface area contributed by atoms with Crippen molar-refractivity contribution < 1.29 is 22.7 Å². The van der Waals surface area contributed by atoms with E-state index < -0.39 is 28.5 Å². The molecule has 0 aliphatic rings. The number of nitrogens with one attached hydrogen (secondary N) is 1. The summed E-state index contributed by atoms with van der Waals surface area (Å²) in [7, 11) is -2.74. The summed E-state index contributed by atoms with van der Waals surface area (Å²) >= 11 is 0. The maximum absolute atomic E-state index is 14.3. The van der Waals surface area contributed by atoms with Gasteiger partial charge < -0.3 is 15.0 Å². The average Bonchev–Trinajstić information content (AvgIpc) is 2.95. The summed E-state index contributed by atoms with van der Waals surface area (Å²) in [6.07, 6.45) is 0.361. The second-order valence-corrected chi connectivity index (χ2v) is 12.9. The van der Waals surface area contributed by atoms with Gasteiger partial charge in [0.2, 0.25) is 11.8 Å². The molecule has 2 amide bonds. The molecule has 3 rings (SSSR count). The third kappa shape index (κ3) is 7.91. The summed E-state index contributed by atoms with van der Waals surface area (Å²) in [5, 5.41) is 2.96. The molecule has 0 saturated heterocycles. The fourth-order valence-corrected chi connectivity index (χ4v) is 6.08. The van der Waals surface area contributed by atoms with Gasteiger partial charge in [-0.25, -0.2) is 8.42 Å².